The first-order valence-electron chi connectivity index (χ1n) is 11.3. The van der Waals surface area contributed by atoms with E-state index in [4.69, 9.17) is 24.1 Å². The Morgan fingerprint density at radius 1 is 1.09 bits per heavy atom. The third kappa shape index (κ3) is 4.51. The molecule has 1 unspecified atom stereocenters. The summed E-state index contributed by atoms with van der Waals surface area (Å²) in [6.45, 7) is 0.392. The third-order valence-corrected chi connectivity index (χ3v) is 6.35. The van der Waals surface area contributed by atoms with E-state index in [0.717, 1.165) is 11.1 Å². The number of rotatable bonds is 7. The van der Waals surface area contributed by atoms with Crippen LogP contribution in [0, 0.1) is 5.82 Å². The Kier molecular flexibility index (Phi) is 6.03. The van der Waals surface area contributed by atoms with Crippen LogP contribution in [-0.2, 0) is 16.0 Å². The van der Waals surface area contributed by atoms with E-state index < -0.39 is 12.1 Å². The Balaban J connectivity index is 1.34. The smallest absolute Gasteiger partial charge is 0.335 e. The van der Waals surface area contributed by atoms with Crippen LogP contribution >= 0.6 is 0 Å². The van der Waals surface area contributed by atoms with Gasteiger partial charge in [0.1, 0.15) is 34.9 Å². The fraction of sp³-hybridized carbons (Fsp3) is 0.259. The van der Waals surface area contributed by atoms with E-state index >= 15 is 0 Å². The second kappa shape index (κ2) is 9.29. The lowest BCUT2D eigenvalue weighted by Gasteiger charge is -2.17. The molecule has 0 amide bonds. The van der Waals surface area contributed by atoms with Gasteiger partial charge >= 0.3 is 11.9 Å². The second-order valence-corrected chi connectivity index (χ2v) is 8.50. The molecule has 5 rings (SSSR count). The van der Waals surface area contributed by atoms with Crippen molar-refractivity contribution >= 4 is 11.9 Å². The van der Waals surface area contributed by atoms with E-state index in [-0.39, 0.29) is 29.7 Å². The van der Waals surface area contributed by atoms with Gasteiger partial charge in [0.05, 0.1) is 25.7 Å². The van der Waals surface area contributed by atoms with Crippen LogP contribution in [0.15, 0.2) is 54.6 Å². The van der Waals surface area contributed by atoms with Crippen molar-refractivity contribution in [1.82, 2.24) is 0 Å². The molecule has 0 radical (unpaired) electrons. The zero-order valence-corrected chi connectivity index (χ0v) is 19.0. The molecule has 0 saturated carbocycles. The monoisotopic (exact) mass is 478 g/mol. The number of carboxylic acid groups (broad SMARTS) is 1. The van der Waals surface area contributed by atoms with Crippen LogP contribution < -0.4 is 14.2 Å². The number of aromatic carboxylic acids is 1. The number of methoxy groups -OCH3 is 1. The van der Waals surface area contributed by atoms with Gasteiger partial charge in [-0.3, -0.25) is 4.79 Å². The highest BCUT2D eigenvalue weighted by Gasteiger charge is 2.32. The summed E-state index contributed by atoms with van der Waals surface area (Å²) in [5.74, 6) is 0.430. The number of esters is 1. The number of halogens is 1. The van der Waals surface area contributed by atoms with Crippen molar-refractivity contribution in [3.05, 3.63) is 82.7 Å². The number of carbonyl (C=O) groups excluding carboxylic acids is 1. The fourth-order valence-corrected chi connectivity index (χ4v) is 4.60. The highest BCUT2D eigenvalue weighted by molar-refractivity contribution is 5.87. The number of carbonyl (C=O) groups is 2. The molecular formula is C27H23FO7. The maximum absolute atomic E-state index is 14.9. The standard InChI is InChI=1S/C27H23FO7/c1-32-25(29)12-16-14-33-24-13-18(6-7-19(16)24)35-23-10-8-20-22(11-9-21(28)26(20)23)34-17-4-2-15(3-5-17)27(30)31/h2-7,9,11,13,16,23H,8,10,12,14H2,1H3,(H,30,31)/t16?,23-/m1/s1. The molecule has 180 valence electrons. The Morgan fingerprint density at radius 3 is 2.60 bits per heavy atom. The van der Waals surface area contributed by atoms with Crippen LogP contribution in [0.3, 0.4) is 0 Å². The van der Waals surface area contributed by atoms with Crippen LogP contribution in [0.1, 0.15) is 51.9 Å². The highest BCUT2D eigenvalue weighted by Crippen LogP contribution is 2.44. The second-order valence-electron chi connectivity index (χ2n) is 8.50. The SMILES string of the molecule is COC(=O)CC1COc2cc(O[C@@H]3CCc4c(Oc5ccc(C(=O)O)cc5)ccc(F)c43)ccc21. The van der Waals surface area contributed by atoms with Crippen molar-refractivity contribution in [3.8, 4) is 23.0 Å². The average Bonchev–Trinajstić information content (AvgIpc) is 3.46. The summed E-state index contributed by atoms with van der Waals surface area (Å²) in [6.07, 6.45) is 0.900. The van der Waals surface area contributed by atoms with Gasteiger partial charge in [0.2, 0.25) is 0 Å². The first kappa shape index (κ1) is 22.7. The quantitative estimate of drug-likeness (QED) is 0.453. The molecule has 0 fully saturated rings. The van der Waals surface area contributed by atoms with Crippen molar-refractivity contribution in [3.63, 3.8) is 0 Å². The van der Waals surface area contributed by atoms with Crippen LogP contribution in [0.4, 0.5) is 4.39 Å². The molecule has 3 aromatic rings. The first-order valence-corrected chi connectivity index (χ1v) is 11.3. The van der Waals surface area contributed by atoms with Crippen LogP contribution in [0.25, 0.3) is 0 Å². The number of hydrogen-bond donors (Lipinski definition) is 1. The average molecular weight is 478 g/mol. The van der Waals surface area contributed by atoms with Gasteiger partial charge in [0.15, 0.2) is 0 Å². The molecule has 3 aromatic carbocycles. The number of carboxylic acids is 1. The number of ether oxygens (including phenoxy) is 4. The third-order valence-electron chi connectivity index (χ3n) is 6.35. The Bertz CT molecular complexity index is 1290. The summed E-state index contributed by atoms with van der Waals surface area (Å²) in [5.41, 5.74) is 2.26. The molecule has 1 aliphatic heterocycles. The highest BCUT2D eigenvalue weighted by atomic mass is 19.1. The van der Waals surface area contributed by atoms with Crippen molar-refractivity contribution in [2.24, 2.45) is 0 Å². The molecule has 0 saturated heterocycles. The van der Waals surface area contributed by atoms with Gasteiger partial charge in [-0.15, -0.1) is 0 Å². The molecule has 0 spiro atoms. The van der Waals surface area contributed by atoms with E-state index in [1.165, 1.54) is 25.3 Å². The van der Waals surface area contributed by atoms with Gasteiger partial charge in [0, 0.05) is 28.7 Å². The minimum Gasteiger partial charge on any atom is -0.492 e. The summed E-state index contributed by atoms with van der Waals surface area (Å²) in [4.78, 5) is 22.7. The van der Waals surface area contributed by atoms with Gasteiger partial charge < -0.3 is 24.1 Å². The van der Waals surface area contributed by atoms with Gasteiger partial charge in [-0.2, -0.15) is 0 Å². The van der Waals surface area contributed by atoms with E-state index in [2.05, 4.69) is 0 Å². The summed E-state index contributed by atoms with van der Waals surface area (Å²) in [5, 5.41) is 9.06. The predicted octanol–water partition coefficient (Wildman–Crippen LogP) is 5.42. The molecule has 0 aromatic heterocycles. The molecule has 1 N–H and O–H groups in total. The zero-order chi connectivity index (χ0) is 24.5. The van der Waals surface area contributed by atoms with Crippen LogP contribution in [-0.4, -0.2) is 30.8 Å². The lowest BCUT2D eigenvalue weighted by Crippen LogP contribution is -2.09. The molecule has 0 bridgehead atoms. The molecule has 1 aliphatic carbocycles. The van der Waals surface area contributed by atoms with Crippen molar-refractivity contribution < 1.29 is 38.0 Å². The van der Waals surface area contributed by atoms with E-state index in [1.807, 2.05) is 6.07 Å². The summed E-state index contributed by atoms with van der Waals surface area (Å²) >= 11 is 0. The molecule has 2 atom stereocenters. The molecular weight excluding hydrogens is 455 g/mol. The normalized spacial score (nSPS) is 17.8. The van der Waals surface area contributed by atoms with Gasteiger partial charge in [-0.05, 0) is 55.3 Å². The molecule has 2 aliphatic rings. The Hall–Kier alpha value is -4.07. The lowest BCUT2D eigenvalue weighted by molar-refractivity contribution is -0.141. The zero-order valence-electron chi connectivity index (χ0n) is 19.0. The van der Waals surface area contributed by atoms with Crippen molar-refractivity contribution in [2.45, 2.75) is 31.3 Å². The first-order chi connectivity index (χ1) is 16.9. The summed E-state index contributed by atoms with van der Waals surface area (Å²) in [7, 11) is 1.36. The van der Waals surface area contributed by atoms with E-state index in [1.54, 1.807) is 30.3 Å². The summed E-state index contributed by atoms with van der Waals surface area (Å²) in [6, 6.07) is 14.4. The minimum absolute atomic E-state index is 0.0691. The topological polar surface area (TPSA) is 91.3 Å². The molecule has 35 heavy (non-hydrogen) atoms. The van der Waals surface area contributed by atoms with Gasteiger partial charge in [-0.1, -0.05) is 6.07 Å². The molecule has 1 heterocycles. The van der Waals surface area contributed by atoms with Crippen molar-refractivity contribution in [1.29, 1.82) is 0 Å². The van der Waals surface area contributed by atoms with E-state index in [0.29, 0.717) is 48.0 Å². The Labute approximate surface area is 201 Å². The van der Waals surface area contributed by atoms with E-state index in [9.17, 15) is 14.0 Å². The van der Waals surface area contributed by atoms with Crippen LogP contribution in [0.5, 0.6) is 23.0 Å². The number of hydrogen-bond acceptors (Lipinski definition) is 6. The maximum Gasteiger partial charge on any atom is 0.335 e. The van der Waals surface area contributed by atoms with Crippen LogP contribution in [0.2, 0.25) is 0 Å². The van der Waals surface area contributed by atoms with Gasteiger partial charge in [-0.25, -0.2) is 9.18 Å². The number of benzene rings is 3. The molecule has 8 heteroatoms. The lowest BCUT2D eigenvalue weighted by atomic mass is 9.98. The fourth-order valence-electron chi connectivity index (χ4n) is 4.60. The maximum atomic E-state index is 14.9. The largest absolute Gasteiger partial charge is 0.492 e. The summed E-state index contributed by atoms with van der Waals surface area (Å²) < 4.78 is 37.5. The number of fused-ring (bicyclic) bond motifs is 2. The molecule has 7 nitrogen and oxygen atoms in total. The van der Waals surface area contributed by atoms with Gasteiger partial charge in [0.25, 0.3) is 0 Å². The minimum atomic E-state index is -1.02. The Morgan fingerprint density at radius 2 is 1.86 bits per heavy atom. The van der Waals surface area contributed by atoms with Crippen molar-refractivity contribution in [2.75, 3.05) is 13.7 Å². The predicted molar refractivity (Wildman–Crippen MR) is 123 cm³/mol.